The maximum atomic E-state index is 12.0. The second-order valence-corrected chi connectivity index (χ2v) is 6.78. The highest BCUT2D eigenvalue weighted by atomic mass is 32.2. The summed E-state index contributed by atoms with van der Waals surface area (Å²) >= 11 is 1.85. The minimum absolute atomic E-state index is 0.0712. The number of benzene rings is 1. The second-order valence-electron chi connectivity index (χ2n) is 5.71. The van der Waals surface area contributed by atoms with Crippen LogP contribution in [0.1, 0.15) is 18.4 Å². The van der Waals surface area contributed by atoms with E-state index in [2.05, 4.69) is 5.32 Å². The summed E-state index contributed by atoms with van der Waals surface area (Å²) in [6.07, 6.45) is 1.12. The Balaban J connectivity index is 1.48. The van der Waals surface area contributed by atoms with E-state index in [1.54, 1.807) is 0 Å². The summed E-state index contributed by atoms with van der Waals surface area (Å²) in [5.41, 5.74) is 0.972. The first kappa shape index (κ1) is 14.4. The molecule has 2 fully saturated rings. The van der Waals surface area contributed by atoms with E-state index in [4.69, 9.17) is 4.74 Å². The van der Waals surface area contributed by atoms with Crippen LogP contribution in [0, 0.1) is 11.8 Å². The van der Waals surface area contributed by atoms with Crippen LogP contribution in [0.5, 0.6) is 0 Å². The number of Topliss-reactive ketones (excluding diaryl/α,β-unsaturated/α-hetero) is 1. The lowest BCUT2D eigenvalue weighted by Crippen LogP contribution is -2.48. The monoisotopic (exact) mass is 305 g/mol. The van der Waals surface area contributed by atoms with Gasteiger partial charge in [0.25, 0.3) is 0 Å². The number of carbonyl (C=O) groups excluding carboxylic acids is 2. The van der Waals surface area contributed by atoms with E-state index >= 15 is 0 Å². The average Bonchev–Trinajstić information content (AvgIpc) is 2.47. The van der Waals surface area contributed by atoms with Crippen molar-refractivity contribution in [3.63, 3.8) is 0 Å². The van der Waals surface area contributed by atoms with Gasteiger partial charge in [0, 0.05) is 29.4 Å². The first-order valence-corrected chi connectivity index (χ1v) is 8.46. The van der Waals surface area contributed by atoms with E-state index in [0.29, 0.717) is 5.78 Å². The Morgan fingerprint density at radius 1 is 1.19 bits per heavy atom. The molecule has 2 atom stereocenters. The van der Waals surface area contributed by atoms with Gasteiger partial charge >= 0.3 is 6.09 Å². The minimum Gasteiger partial charge on any atom is -0.445 e. The molecule has 0 spiro atoms. The predicted octanol–water partition coefficient (Wildman–Crippen LogP) is 2.62. The van der Waals surface area contributed by atoms with Crippen LogP contribution in [-0.4, -0.2) is 29.4 Å². The summed E-state index contributed by atoms with van der Waals surface area (Å²) in [7, 11) is 0. The first-order valence-electron chi connectivity index (χ1n) is 7.31. The predicted molar refractivity (Wildman–Crippen MR) is 82.1 cm³/mol. The van der Waals surface area contributed by atoms with Crippen molar-refractivity contribution >= 4 is 23.6 Å². The molecule has 1 aliphatic carbocycles. The van der Waals surface area contributed by atoms with Gasteiger partial charge in [0.15, 0.2) is 0 Å². The van der Waals surface area contributed by atoms with Gasteiger partial charge in [0.1, 0.15) is 12.4 Å². The third-order valence-corrected chi connectivity index (χ3v) is 5.39. The summed E-state index contributed by atoms with van der Waals surface area (Å²) < 4.78 is 5.24. The van der Waals surface area contributed by atoms with Crippen molar-refractivity contribution in [1.29, 1.82) is 0 Å². The molecule has 1 saturated carbocycles. The highest BCUT2D eigenvalue weighted by molar-refractivity contribution is 7.99. The number of alkyl carbamates (subject to hydrolysis) is 1. The molecule has 0 radical (unpaired) electrons. The van der Waals surface area contributed by atoms with Gasteiger partial charge in [-0.25, -0.2) is 4.79 Å². The lowest BCUT2D eigenvalue weighted by atomic mass is 9.78. The van der Waals surface area contributed by atoms with Crippen LogP contribution >= 0.6 is 11.8 Å². The summed E-state index contributed by atoms with van der Waals surface area (Å²) in [5.74, 6) is 2.41. The maximum absolute atomic E-state index is 12.0. The van der Waals surface area contributed by atoms with Gasteiger partial charge in [-0.15, -0.1) is 0 Å². The largest absolute Gasteiger partial charge is 0.445 e. The molecule has 3 rings (SSSR count). The van der Waals surface area contributed by atoms with Crippen molar-refractivity contribution < 1.29 is 14.3 Å². The molecule has 0 aromatic heterocycles. The quantitative estimate of drug-likeness (QED) is 0.932. The number of fused-ring (bicyclic) bond motifs is 2. The average molecular weight is 305 g/mol. The lowest BCUT2D eigenvalue weighted by Gasteiger charge is -2.37. The number of thioether (sulfide) groups is 1. The van der Waals surface area contributed by atoms with Crippen molar-refractivity contribution in [1.82, 2.24) is 5.32 Å². The molecule has 1 saturated heterocycles. The standard InChI is InChI=1S/C16H19NO3S/c18-15-12-6-14(7-13(15)10-21-9-12)17-16(19)20-8-11-4-2-1-3-5-11/h1-5,12-14H,6-10H2,(H,17,19). The zero-order valence-corrected chi connectivity index (χ0v) is 12.6. The van der Waals surface area contributed by atoms with Crippen LogP contribution in [0.4, 0.5) is 4.79 Å². The molecule has 21 heavy (non-hydrogen) atoms. The molecule has 112 valence electrons. The SMILES string of the molecule is O=C(NC1CC2CSCC(C1)C2=O)OCc1ccccc1. The molecular weight excluding hydrogens is 286 g/mol. The molecule has 1 aromatic carbocycles. The van der Waals surface area contributed by atoms with Gasteiger partial charge in [-0.1, -0.05) is 30.3 Å². The highest BCUT2D eigenvalue weighted by Gasteiger charge is 2.39. The Labute approximate surface area is 128 Å². The summed E-state index contributed by atoms with van der Waals surface area (Å²) in [4.78, 5) is 23.9. The fourth-order valence-electron chi connectivity index (χ4n) is 3.05. The number of amides is 1. The van der Waals surface area contributed by atoms with Crippen LogP contribution in [0.3, 0.4) is 0 Å². The first-order chi connectivity index (χ1) is 10.2. The Kier molecular flexibility index (Phi) is 4.48. The van der Waals surface area contributed by atoms with Gasteiger partial charge in [0.2, 0.25) is 0 Å². The van der Waals surface area contributed by atoms with E-state index in [0.717, 1.165) is 29.9 Å². The topological polar surface area (TPSA) is 55.4 Å². The number of carbonyl (C=O) groups is 2. The van der Waals surface area contributed by atoms with Gasteiger partial charge in [-0.05, 0) is 18.4 Å². The third-order valence-electron chi connectivity index (χ3n) is 4.12. The van der Waals surface area contributed by atoms with Crippen LogP contribution < -0.4 is 5.32 Å². The molecule has 2 bridgehead atoms. The number of ether oxygens (including phenoxy) is 1. The van der Waals surface area contributed by atoms with E-state index in [9.17, 15) is 9.59 Å². The van der Waals surface area contributed by atoms with Gasteiger partial charge in [0.05, 0.1) is 0 Å². The molecule has 1 heterocycles. The smallest absolute Gasteiger partial charge is 0.407 e. The van der Waals surface area contributed by atoms with Crippen LogP contribution in [-0.2, 0) is 16.1 Å². The fraction of sp³-hybridized carbons (Fsp3) is 0.500. The molecule has 1 aliphatic heterocycles. The number of hydrogen-bond acceptors (Lipinski definition) is 4. The lowest BCUT2D eigenvalue weighted by molar-refractivity contribution is -0.128. The number of rotatable bonds is 3. The summed E-state index contributed by atoms with van der Waals surface area (Å²) in [5, 5.41) is 2.92. The normalized spacial score (nSPS) is 28.0. The van der Waals surface area contributed by atoms with Gasteiger partial charge in [-0.3, -0.25) is 4.79 Å². The van der Waals surface area contributed by atoms with Crippen molar-refractivity contribution in [2.45, 2.75) is 25.5 Å². The van der Waals surface area contributed by atoms with Crippen LogP contribution in [0.2, 0.25) is 0 Å². The molecule has 2 unspecified atom stereocenters. The van der Waals surface area contributed by atoms with E-state index in [1.807, 2.05) is 42.1 Å². The Hall–Kier alpha value is -1.49. The summed E-state index contributed by atoms with van der Waals surface area (Å²) in [6.45, 7) is 0.279. The summed E-state index contributed by atoms with van der Waals surface area (Å²) in [6, 6.07) is 9.69. The second kappa shape index (κ2) is 6.52. The molecule has 2 aliphatic rings. The van der Waals surface area contributed by atoms with Crippen LogP contribution in [0.25, 0.3) is 0 Å². The van der Waals surface area contributed by atoms with E-state index in [1.165, 1.54) is 0 Å². The maximum Gasteiger partial charge on any atom is 0.407 e. The van der Waals surface area contributed by atoms with Crippen molar-refractivity contribution in [2.24, 2.45) is 11.8 Å². The zero-order chi connectivity index (χ0) is 14.7. The zero-order valence-electron chi connectivity index (χ0n) is 11.8. The number of ketones is 1. The Morgan fingerprint density at radius 2 is 1.86 bits per heavy atom. The third kappa shape index (κ3) is 3.59. The fourth-order valence-corrected chi connectivity index (χ4v) is 4.36. The Bertz CT molecular complexity index is 504. The van der Waals surface area contributed by atoms with Crippen LogP contribution in [0.15, 0.2) is 30.3 Å². The van der Waals surface area contributed by atoms with E-state index in [-0.39, 0.29) is 30.6 Å². The van der Waals surface area contributed by atoms with Crippen molar-refractivity contribution in [3.8, 4) is 0 Å². The number of hydrogen-bond donors (Lipinski definition) is 1. The molecule has 1 amide bonds. The Morgan fingerprint density at radius 3 is 2.52 bits per heavy atom. The molecule has 4 nitrogen and oxygen atoms in total. The van der Waals surface area contributed by atoms with Gasteiger partial charge < -0.3 is 10.1 Å². The molecule has 1 aromatic rings. The molecular formula is C16H19NO3S. The van der Waals surface area contributed by atoms with E-state index < -0.39 is 0 Å². The molecule has 1 N–H and O–H groups in total. The van der Waals surface area contributed by atoms with Crippen molar-refractivity contribution in [2.75, 3.05) is 11.5 Å². The van der Waals surface area contributed by atoms with Gasteiger partial charge in [-0.2, -0.15) is 11.8 Å². The number of nitrogens with one attached hydrogen (secondary N) is 1. The highest BCUT2D eigenvalue weighted by Crippen LogP contribution is 2.35. The minimum atomic E-state index is -0.385. The van der Waals surface area contributed by atoms with Crippen molar-refractivity contribution in [3.05, 3.63) is 35.9 Å². The molecule has 5 heteroatoms.